The van der Waals surface area contributed by atoms with E-state index in [0.29, 0.717) is 10.6 Å². The Balaban J connectivity index is 2.26. The molecule has 1 aliphatic heterocycles. The second kappa shape index (κ2) is 5.33. The first kappa shape index (κ1) is 14.9. The van der Waals surface area contributed by atoms with Gasteiger partial charge >= 0.3 is 0 Å². The molecule has 0 bridgehead atoms. The minimum atomic E-state index is -0.837. The van der Waals surface area contributed by atoms with Gasteiger partial charge in [0.05, 0.1) is 22.0 Å². The van der Waals surface area contributed by atoms with Gasteiger partial charge in [0.15, 0.2) is 11.5 Å². The fraction of sp³-hybridized carbons (Fsp3) is 0.0714. The number of hydrogen-bond acceptors (Lipinski definition) is 6. The van der Waals surface area contributed by atoms with Gasteiger partial charge in [-0.2, -0.15) is 0 Å². The molecular formula is C14H7ClN2O6. The van der Waals surface area contributed by atoms with Crippen LogP contribution in [-0.2, 0) is 6.42 Å². The molecule has 0 radical (unpaired) electrons. The Morgan fingerprint density at radius 2 is 1.78 bits per heavy atom. The van der Waals surface area contributed by atoms with Crippen molar-refractivity contribution in [1.29, 1.82) is 0 Å². The molecule has 116 valence electrons. The Hall–Kier alpha value is -3.00. The fourth-order valence-corrected chi connectivity index (χ4v) is 2.56. The molecule has 8 nitrogen and oxygen atoms in total. The summed E-state index contributed by atoms with van der Waals surface area (Å²) in [6.07, 6.45) is -0.151. The third-order valence-electron chi connectivity index (χ3n) is 3.35. The van der Waals surface area contributed by atoms with Crippen molar-refractivity contribution in [2.45, 2.75) is 6.42 Å². The van der Waals surface area contributed by atoms with Crippen molar-refractivity contribution in [3.8, 4) is 11.5 Å². The number of rotatable bonds is 2. The van der Waals surface area contributed by atoms with E-state index in [1.165, 1.54) is 18.2 Å². The Kier molecular flexibility index (Phi) is 3.45. The number of fused-ring (bicyclic) bond motifs is 2. The third kappa shape index (κ3) is 2.59. The van der Waals surface area contributed by atoms with E-state index < -0.39 is 27.0 Å². The molecule has 23 heavy (non-hydrogen) atoms. The van der Waals surface area contributed by atoms with E-state index in [2.05, 4.69) is 0 Å². The molecule has 2 aromatic rings. The van der Waals surface area contributed by atoms with Crippen LogP contribution in [0.5, 0.6) is 11.5 Å². The van der Waals surface area contributed by atoms with Gasteiger partial charge in [-0.25, -0.2) is 0 Å². The van der Waals surface area contributed by atoms with Crippen LogP contribution in [0, 0.1) is 20.2 Å². The highest BCUT2D eigenvalue weighted by Gasteiger charge is 2.32. The van der Waals surface area contributed by atoms with Gasteiger partial charge in [0.2, 0.25) is 0 Å². The van der Waals surface area contributed by atoms with Gasteiger partial charge < -0.3 is 4.74 Å². The maximum absolute atomic E-state index is 12.4. The summed E-state index contributed by atoms with van der Waals surface area (Å²) in [5, 5.41) is 22.5. The van der Waals surface area contributed by atoms with Gasteiger partial charge in [-0.15, -0.1) is 0 Å². The molecule has 0 aliphatic carbocycles. The van der Waals surface area contributed by atoms with E-state index in [9.17, 15) is 25.0 Å². The molecule has 0 unspecified atom stereocenters. The quantitative estimate of drug-likeness (QED) is 0.611. The molecule has 0 N–H and O–H groups in total. The molecule has 3 rings (SSSR count). The van der Waals surface area contributed by atoms with Gasteiger partial charge in [0.1, 0.15) is 11.3 Å². The van der Waals surface area contributed by atoms with Crippen LogP contribution in [0.1, 0.15) is 15.9 Å². The van der Waals surface area contributed by atoms with Crippen molar-refractivity contribution in [2.75, 3.05) is 0 Å². The maximum Gasteiger partial charge on any atom is 0.290 e. The van der Waals surface area contributed by atoms with Gasteiger partial charge in [-0.1, -0.05) is 11.6 Å². The van der Waals surface area contributed by atoms with Gasteiger partial charge in [-0.3, -0.25) is 25.0 Å². The van der Waals surface area contributed by atoms with Crippen LogP contribution in [0.4, 0.5) is 11.4 Å². The van der Waals surface area contributed by atoms with E-state index in [1.54, 1.807) is 0 Å². The van der Waals surface area contributed by atoms with Crippen LogP contribution in [0.25, 0.3) is 0 Å². The molecule has 1 heterocycles. The summed E-state index contributed by atoms with van der Waals surface area (Å²) in [6.45, 7) is 0. The monoisotopic (exact) mass is 334 g/mol. The number of carbonyl (C=O) groups excluding carboxylic acids is 1. The minimum absolute atomic E-state index is 0.151. The van der Waals surface area contributed by atoms with E-state index in [1.807, 2.05) is 0 Å². The van der Waals surface area contributed by atoms with Crippen molar-refractivity contribution < 1.29 is 19.4 Å². The highest BCUT2D eigenvalue weighted by Crippen LogP contribution is 2.41. The van der Waals surface area contributed by atoms with Crippen LogP contribution in [0.3, 0.4) is 0 Å². The van der Waals surface area contributed by atoms with Crippen molar-refractivity contribution in [2.24, 2.45) is 0 Å². The predicted molar refractivity (Wildman–Crippen MR) is 79.3 cm³/mol. The first-order valence-electron chi connectivity index (χ1n) is 6.33. The third-order valence-corrected chi connectivity index (χ3v) is 3.58. The van der Waals surface area contributed by atoms with Crippen LogP contribution >= 0.6 is 11.6 Å². The lowest BCUT2D eigenvalue weighted by atomic mass is 10.0. The van der Waals surface area contributed by atoms with E-state index in [0.717, 1.165) is 12.1 Å². The molecule has 0 aromatic heterocycles. The van der Waals surface area contributed by atoms with E-state index in [4.69, 9.17) is 16.3 Å². The van der Waals surface area contributed by atoms with Crippen molar-refractivity contribution in [1.82, 2.24) is 0 Å². The van der Waals surface area contributed by atoms with Crippen LogP contribution < -0.4 is 4.74 Å². The number of hydrogen-bond donors (Lipinski definition) is 0. The molecule has 0 fully saturated rings. The summed E-state index contributed by atoms with van der Waals surface area (Å²) in [6, 6.07) is 6.31. The number of non-ortho nitro benzene ring substituents is 1. The standard InChI is InChI=1S/C14H7ClN2O6/c15-8-1-2-12-7(3-8)4-11(18)14-10(17(21)22)5-9(16(19)20)6-13(14)23-12/h1-3,5-6H,4H2. The number of benzene rings is 2. The first-order chi connectivity index (χ1) is 10.9. The molecule has 0 saturated heterocycles. The second-order valence-corrected chi connectivity index (χ2v) is 5.24. The molecule has 9 heteroatoms. The number of Topliss-reactive ketones (excluding diaryl/α,β-unsaturated/α-hetero) is 1. The topological polar surface area (TPSA) is 113 Å². The largest absolute Gasteiger partial charge is 0.456 e. The zero-order valence-electron chi connectivity index (χ0n) is 11.3. The number of nitro benzene ring substituents is 2. The smallest absolute Gasteiger partial charge is 0.290 e. The summed E-state index contributed by atoms with van der Waals surface area (Å²) >= 11 is 5.87. The zero-order chi connectivity index (χ0) is 16.7. The fourth-order valence-electron chi connectivity index (χ4n) is 2.36. The number of nitrogens with zero attached hydrogens (tertiary/aromatic N) is 2. The summed E-state index contributed by atoms with van der Waals surface area (Å²) in [4.78, 5) is 32.9. The molecule has 1 aliphatic rings. The lowest BCUT2D eigenvalue weighted by molar-refractivity contribution is -0.394. The molecule has 2 aromatic carbocycles. The van der Waals surface area contributed by atoms with Crippen molar-refractivity contribution >= 4 is 28.8 Å². The van der Waals surface area contributed by atoms with Crippen LogP contribution in [0.2, 0.25) is 5.02 Å². The molecule has 0 amide bonds. The van der Waals surface area contributed by atoms with Gasteiger partial charge in [0, 0.05) is 17.0 Å². The SMILES string of the molecule is O=C1Cc2cc(Cl)ccc2Oc2cc([N+](=O)[O-])cc([N+](=O)[O-])c21. The van der Waals surface area contributed by atoms with Crippen molar-refractivity contribution in [3.63, 3.8) is 0 Å². The number of ketones is 1. The molecule has 0 saturated carbocycles. The Bertz CT molecular complexity index is 880. The number of nitro groups is 2. The molecular weight excluding hydrogens is 328 g/mol. The average molecular weight is 335 g/mol. The molecule has 0 atom stereocenters. The Morgan fingerprint density at radius 1 is 1.04 bits per heavy atom. The van der Waals surface area contributed by atoms with E-state index >= 15 is 0 Å². The van der Waals surface area contributed by atoms with Crippen LogP contribution in [-0.4, -0.2) is 15.6 Å². The summed E-state index contributed by atoms with van der Waals surface area (Å²) in [5.74, 6) is -0.504. The second-order valence-electron chi connectivity index (χ2n) is 4.81. The lowest BCUT2D eigenvalue weighted by Crippen LogP contribution is -2.07. The zero-order valence-corrected chi connectivity index (χ0v) is 12.1. The molecule has 0 spiro atoms. The van der Waals surface area contributed by atoms with Crippen LogP contribution in [0.15, 0.2) is 30.3 Å². The predicted octanol–water partition coefficient (Wildman–Crippen LogP) is 3.69. The number of halogens is 1. The summed E-state index contributed by atoms with van der Waals surface area (Å²) in [5.41, 5.74) is -1.01. The Morgan fingerprint density at radius 3 is 2.43 bits per heavy atom. The number of carbonyl (C=O) groups is 1. The van der Waals surface area contributed by atoms with E-state index in [-0.39, 0.29) is 23.5 Å². The van der Waals surface area contributed by atoms with Gasteiger partial charge in [-0.05, 0) is 18.2 Å². The highest BCUT2D eigenvalue weighted by molar-refractivity contribution is 6.30. The summed E-state index contributed by atoms with van der Waals surface area (Å²) in [7, 11) is 0. The van der Waals surface area contributed by atoms with Crippen molar-refractivity contribution in [3.05, 3.63) is 66.7 Å². The first-order valence-corrected chi connectivity index (χ1v) is 6.71. The minimum Gasteiger partial charge on any atom is -0.456 e. The normalized spacial score (nSPS) is 12.7. The summed E-state index contributed by atoms with van der Waals surface area (Å²) < 4.78 is 5.52. The highest BCUT2D eigenvalue weighted by atomic mass is 35.5. The maximum atomic E-state index is 12.4. The van der Waals surface area contributed by atoms with Gasteiger partial charge in [0.25, 0.3) is 11.4 Å². The Labute approximate surface area is 133 Å². The number of ether oxygens (including phenoxy) is 1. The lowest BCUT2D eigenvalue weighted by Gasteiger charge is -2.08. The average Bonchev–Trinajstić information content (AvgIpc) is 2.61.